The third-order valence-corrected chi connectivity index (χ3v) is 4.11. The Hall–Kier alpha value is -2.12. The van der Waals surface area contributed by atoms with E-state index in [0.717, 1.165) is 0 Å². The monoisotopic (exact) mass is 418 g/mol. The lowest BCUT2D eigenvalue weighted by atomic mass is 9.74. The Morgan fingerprint density at radius 2 is 1.00 bits per heavy atom. The molecule has 8 heteroatoms. The van der Waals surface area contributed by atoms with E-state index in [-0.39, 0.29) is 48.3 Å². The van der Waals surface area contributed by atoms with Gasteiger partial charge in [-0.15, -0.1) is 0 Å². The molecule has 0 heterocycles. The molecule has 0 saturated carbocycles. The Kier molecular flexibility index (Phi) is 14.9. The lowest BCUT2D eigenvalue weighted by molar-refractivity contribution is -0.154. The third kappa shape index (κ3) is 16.5. The minimum atomic E-state index is -1.16. The van der Waals surface area contributed by atoms with E-state index >= 15 is 0 Å². The zero-order valence-corrected chi connectivity index (χ0v) is 18.9. The summed E-state index contributed by atoms with van der Waals surface area (Å²) in [5.41, 5.74) is 0. The van der Waals surface area contributed by atoms with Crippen LogP contribution in [-0.4, -0.2) is 46.3 Å². The molecule has 2 atom stereocenters. The van der Waals surface area contributed by atoms with E-state index in [1.165, 1.54) is 0 Å². The number of ether oxygens (including phenoxy) is 2. The molecule has 0 aliphatic heterocycles. The van der Waals surface area contributed by atoms with Crippen LogP contribution in [0.3, 0.4) is 0 Å². The van der Waals surface area contributed by atoms with Gasteiger partial charge in [0.25, 0.3) is 0 Å². The molecule has 0 bridgehead atoms. The van der Waals surface area contributed by atoms with Crippen molar-refractivity contribution in [3.8, 4) is 0 Å². The SMILES string of the molecule is CC(C)OC(=O)CC(=O)O.CC(C)OC(=O)CC(C(C)C)C(CC(=O)O)C(C)C. The van der Waals surface area contributed by atoms with Crippen LogP contribution in [0.25, 0.3) is 0 Å². The van der Waals surface area contributed by atoms with Crippen LogP contribution in [0.2, 0.25) is 0 Å². The molecule has 170 valence electrons. The molecule has 0 aliphatic carbocycles. The van der Waals surface area contributed by atoms with Gasteiger partial charge < -0.3 is 19.7 Å². The van der Waals surface area contributed by atoms with Crippen LogP contribution in [0.1, 0.15) is 74.7 Å². The summed E-state index contributed by atoms with van der Waals surface area (Å²) in [4.78, 5) is 43.2. The molecule has 0 aromatic carbocycles. The van der Waals surface area contributed by atoms with E-state index in [1.807, 2.05) is 41.5 Å². The number of carbonyl (C=O) groups is 4. The second-order valence-corrected chi connectivity index (χ2v) is 8.27. The van der Waals surface area contributed by atoms with Gasteiger partial charge in [0.15, 0.2) is 0 Å². The largest absolute Gasteiger partial charge is 0.481 e. The zero-order chi connectivity index (χ0) is 23.3. The average Bonchev–Trinajstić information content (AvgIpc) is 2.48. The fraction of sp³-hybridized carbons (Fsp3) is 0.810. The van der Waals surface area contributed by atoms with E-state index in [4.69, 9.17) is 14.9 Å². The van der Waals surface area contributed by atoms with Crippen LogP contribution in [0.5, 0.6) is 0 Å². The summed E-state index contributed by atoms with van der Waals surface area (Å²) in [6.45, 7) is 15.1. The van der Waals surface area contributed by atoms with Crippen LogP contribution in [-0.2, 0) is 28.7 Å². The highest BCUT2D eigenvalue weighted by atomic mass is 16.5. The van der Waals surface area contributed by atoms with Crippen molar-refractivity contribution in [1.29, 1.82) is 0 Å². The summed E-state index contributed by atoms with van der Waals surface area (Å²) in [5.74, 6) is -2.36. The van der Waals surface area contributed by atoms with Crippen molar-refractivity contribution >= 4 is 23.9 Å². The molecular weight excluding hydrogens is 380 g/mol. The molecule has 2 N–H and O–H groups in total. The van der Waals surface area contributed by atoms with Crippen molar-refractivity contribution in [2.75, 3.05) is 0 Å². The quantitative estimate of drug-likeness (QED) is 0.383. The van der Waals surface area contributed by atoms with E-state index < -0.39 is 24.3 Å². The maximum Gasteiger partial charge on any atom is 0.317 e. The third-order valence-electron chi connectivity index (χ3n) is 4.11. The molecule has 0 spiro atoms. The molecule has 0 amide bonds. The first-order valence-electron chi connectivity index (χ1n) is 9.99. The summed E-state index contributed by atoms with van der Waals surface area (Å²) in [7, 11) is 0. The normalized spacial score (nSPS) is 13.0. The first-order valence-corrected chi connectivity index (χ1v) is 9.99. The van der Waals surface area contributed by atoms with Gasteiger partial charge in [-0.05, 0) is 51.4 Å². The van der Waals surface area contributed by atoms with E-state index in [2.05, 4.69) is 4.74 Å². The first-order chi connectivity index (χ1) is 13.2. The van der Waals surface area contributed by atoms with Crippen molar-refractivity contribution in [2.24, 2.45) is 23.7 Å². The number of aliphatic carboxylic acids is 2. The number of rotatable bonds is 11. The van der Waals surface area contributed by atoms with Crippen molar-refractivity contribution in [3.63, 3.8) is 0 Å². The Balaban J connectivity index is 0. The van der Waals surface area contributed by atoms with E-state index in [9.17, 15) is 19.2 Å². The molecule has 0 fully saturated rings. The summed E-state index contributed by atoms with van der Waals surface area (Å²) in [6, 6.07) is 0. The zero-order valence-electron chi connectivity index (χ0n) is 18.9. The fourth-order valence-electron chi connectivity index (χ4n) is 2.90. The van der Waals surface area contributed by atoms with Gasteiger partial charge in [-0.1, -0.05) is 27.7 Å². The number of esters is 2. The maximum atomic E-state index is 11.8. The van der Waals surface area contributed by atoms with Gasteiger partial charge in [0.1, 0.15) is 6.42 Å². The fourth-order valence-corrected chi connectivity index (χ4v) is 2.90. The van der Waals surface area contributed by atoms with Crippen LogP contribution >= 0.6 is 0 Å². The lowest BCUT2D eigenvalue weighted by Crippen LogP contribution is -2.30. The number of carboxylic acid groups (broad SMARTS) is 2. The van der Waals surface area contributed by atoms with Gasteiger partial charge in [-0.2, -0.15) is 0 Å². The summed E-state index contributed by atoms with van der Waals surface area (Å²) in [5, 5.41) is 17.1. The predicted octanol–water partition coefficient (Wildman–Crippen LogP) is 3.76. The van der Waals surface area contributed by atoms with Gasteiger partial charge in [0, 0.05) is 12.8 Å². The van der Waals surface area contributed by atoms with Crippen molar-refractivity contribution in [1.82, 2.24) is 0 Å². The molecule has 0 rings (SSSR count). The highest BCUT2D eigenvalue weighted by Crippen LogP contribution is 2.33. The van der Waals surface area contributed by atoms with Crippen LogP contribution < -0.4 is 0 Å². The number of hydrogen-bond acceptors (Lipinski definition) is 6. The number of carbonyl (C=O) groups excluding carboxylic acids is 2. The molecule has 29 heavy (non-hydrogen) atoms. The van der Waals surface area contributed by atoms with Gasteiger partial charge in [-0.25, -0.2) is 0 Å². The molecule has 0 aromatic rings. The second-order valence-electron chi connectivity index (χ2n) is 8.27. The summed E-state index contributed by atoms with van der Waals surface area (Å²) in [6.07, 6.45) is -0.524. The summed E-state index contributed by atoms with van der Waals surface area (Å²) >= 11 is 0. The Morgan fingerprint density at radius 3 is 1.31 bits per heavy atom. The minimum absolute atomic E-state index is 0.00258. The van der Waals surface area contributed by atoms with Crippen molar-refractivity contribution in [3.05, 3.63) is 0 Å². The first kappa shape index (κ1) is 29.1. The van der Waals surface area contributed by atoms with Gasteiger partial charge >= 0.3 is 23.9 Å². The molecule has 0 aromatic heterocycles. The topological polar surface area (TPSA) is 127 Å². The van der Waals surface area contributed by atoms with Gasteiger partial charge in [0.05, 0.1) is 12.2 Å². The number of hydrogen-bond donors (Lipinski definition) is 2. The summed E-state index contributed by atoms with van der Waals surface area (Å²) < 4.78 is 9.72. The van der Waals surface area contributed by atoms with Crippen molar-refractivity contribution < 1.29 is 38.9 Å². The maximum absolute atomic E-state index is 11.8. The molecule has 0 saturated heterocycles. The van der Waals surface area contributed by atoms with Crippen LogP contribution in [0.4, 0.5) is 0 Å². The lowest BCUT2D eigenvalue weighted by Gasteiger charge is -2.31. The Morgan fingerprint density at radius 1 is 0.621 bits per heavy atom. The average molecular weight is 419 g/mol. The minimum Gasteiger partial charge on any atom is -0.481 e. The molecule has 0 radical (unpaired) electrons. The molecule has 8 nitrogen and oxygen atoms in total. The van der Waals surface area contributed by atoms with Gasteiger partial charge in [0.2, 0.25) is 0 Å². The predicted molar refractivity (Wildman–Crippen MR) is 108 cm³/mol. The Bertz CT molecular complexity index is 523. The van der Waals surface area contributed by atoms with E-state index in [0.29, 0.717) is 6.42 Å². The molecule has 0 aliphatic rings. The van der Waals surface area contributed by atoms with Gasteiger partial charge in [-0.3, -0.25) is 19.2 Å². The molecule has 2 unspecified atom stereocenters. The standard InChI is InChI=1S/C15H28O4.C6H10O4/c1-9(2)12(7-14(16)17)13(10(3)4)8-15(18)19-11(5)6;1-4(2)10-6(9)3-5(7)8/h9-13H,7-8H2,1-6H3,(H,16,17);4H,3H2,1-2H3,(H,7,8). The Labute approximate surface area is 174 Å². The number of carboxylic acids is 2. The molecular formula is C21H38O8. The second kappa shape index (κ2) is 14.8. The van der Waals surface area contributed by atoms with Crippen LogP contribution in [0, 0.1) is 23.7 Å². The smallest absolute Gasteiger partial charge is 0.317 e. The highest BCUT2D eigenvalue weighted by Gasteiger charge is 2.31. The highest BCUT2D eigenvalue weighted by molar-refractivity contribution is 5.90. The van der Waals surface area contributed by atoms with Crippen LogP contribution in [0.15, 0.2) is 0 Å². The van der Waals surface area contributed by atoms with E-state index in [1.54, 1.807) is 13.8 Å². The van der Waals surface area contributed by atoms with Crippen molar-refractivity contribution in [2.45, 2.75) is 86.9 Å².